The van der Waals surface area contributed by atoms with Gasteiger partial charge in [-0.1, -0.05) is 45.4 Å². The third-order valence-corrected chi connectivity index (χ3v) is 2.47. The summed E-state index contributed by atoms with van der Waals surface area (Å²) in [5.74, 6) is 0.779. The minimum Gasteiger partial charge on any atom is -0.426 e. The van der Waals surface area contributed by atoms with Crippen molar-refractivity contribution >= 4 is 5.97 Å². The fraction of sp³-hybridized carbons (Fsp3) is 0.500. The molecule has 0 amide bonds. The Hall–Kier alpha value is -1.31. The van der Waals surface area contributed by atoms with Crippen LogP contribution in [0.5, 0.6) is 5.75 Å². The predicted molar refractivity (Wildman–Crippen MR) is 65.7 cm³/mol. The van der Waals surface area contributed by atoms with E-state index in [1.165, 1.54) is 5.56 Å². The number of ether oxygens (including phenoxy) is 1. The SMILES string of the molecule is Cc1ccc(OC(=O)C(C)C)c(C(C)C)c1. The van der Waals surface area contributed by atoms with Crippen LogP contribution in [0.25, 0.3) is 0 Å². The second-order valence-electron chi connectivity index (χ2n) is 4.77. The molecular weight excluding hydrogens is 200 g/mol. The predicted octanol–water partition coefficient (Wildman–Crippen LogP) is 3.68. The van der Waals surface area contributed by atoms with Crippen molar-refractivity contribution < 1.29 is 9.53 Å². The molecule has 1 rings (SSSR count). The summed E-state index contributed by atoms with van der Waals surface area (Å²) < 4.78 is 5.38. The zero-order valence-electron chi connectivity index (χ0n) is 10.7. The minimum absolute atomic E-state index is 0.0960. The first-order valence-electron chi connectivity index (χ1n) is 5.74. The van der Waals surface area contributed by atoms with Gasteiger partial charge in [-0.3, -0.25) is 4.79 Å². The summed E-state index contributed by atoms with van der Waals surface area (Å²) in [5.41, 5.74) is 2.28. The molecule has 0 aromatic heterocycles. The quantitative estimate of drug-likeness (QED) is 0.573. The smallest absolute Gasteiger partial charge is 0.313 e. The minimum atomic E-state index is -0.175. The Labute approximate surface area is 97.6 Å². The van der Waals surface area contributed by atoms with Gasteiger partial charge in [0.2, 0.25) is 0 Å². The number of benzene rings is 1. The molecule has 0 unspecified atom stereocenters. The highest BCUT2D eigenvalue weighted by Gasteiger charge is 2.14. The Morgan fingerprint density at radius 2 is 1.81 bits per heavy atom. The van der Waals surface area contributed by atoms with Gasteiger partial charge < -0.3 is 4.74 Å². The lowest BCUT2D eigenvalue weighted by Gasteiger charge is -2.14. The Balaban J connectivity index is 2.99. The Morgan fingerprint density at radius 1 is 1.19 bits per heavy atom. The van der Waals surface area contributed by atoms with Crippen LogP contribution in [0.3, 0.4) is 0 Å². The van der Waals surface area contributed by atoms with Crippen molar-refractivity contribution in [3.8, 4) is 5.75 Å². The maximum atomic E-state index is 11.5. The summed E-state index contributed by atoms with van der Waals surface area (Å²) in [7, 11) is 0. The number of esters is 1. The van der Waals surface area contributed by atoms with Crippen molar-refractivity contribution in [2.24, 2.45) is 5.92 Å². The van der Waals surface area contributed by atoms with Gasteiger partial charge >= 0.3 is 5.97 Å². The van der Waals surface area contributed by atoms with Gasteiger partial charge in [0, 0.05) is 0 Å². The number of carbonyl (C=O) groups excluding carboxylic acids is 1. The second-order valence-corrected chi connectivity index (χ2v) is 4.77. The topological polar surface area (TPSA) is 26.3 Å². The van der Waals surface area contributed by atoms with E-state index in [4.69, 9.17) is 4.74 Å². The van der Waals surface area contributed by atoms with Crippen molar-refractivity contribution in [2.45, 2.75) is 40.5 Å². The normalized spacial score (nSPS) is 10.9. The van der Waals surface area contributed by atoms with E-state index in [2.05, 4.69) is 19.9 Å². The molecule has 1 aromatic rings. The van der Waals surface area contributed by atoms with Gasteiger partial charge in [0.25, 0.3) is 0 Å². The molecule has 0 saturated heterocycles. The highest BCUT2D eigenvalue weighted by Crippen LogP contribution is 2.27. The van der Waals surface area contributed by atoms with Crippen LogP contribution in [-0.4, -0.2) is 5.97 Å². The summed E-state index contributed by atoms with van der Waals surface area (Å²) >= 11 is 0. The molecule has 0 fully saturated rings. The van der Waals surface area contributed by atoms with Crippen LogP contribution in [-0.2, 0) is 4.79 Å². The molecule has 0 saturated carbocycles. The van der Waals surface area contributed by atoms with Gasteiger partial charge in [-0.15, -0.1) is 0 Å². The molecule has 2 nitrogen and oxygen atoms in total. The molecule has 0 aliphatic carbocycles. The molecule has 0 radical (unpaired) electrons. The molecule has 0 N–H and O–H groups in total. The van der Waals surface area contributed by atoms with Crippen LogP contribution < -0.4 is 4.74 Å². The molecule has 0 atom stereocenters. The molecular formula is C14H20O2. The van der Waals surface area contributed by atoms with Crippen molar-refractivity contribution in [3.63, 3.8) is 0 Å². The number of rotatable bonds is 3. The first-order valence-corrected chi connectivity index (χ1v) is 5.74. The second kappa shape index (κ2) is 5.15. The number of aryl methyl sites for hydroxylation is 1. The lowest BCUT2D eigenvalue weighted by molar-refractivity contribution is -0.137. The van der Waals surface area contributed by atoms with Crippen LogP contribution in [0.15, 0.2) is 18.2 Å². The van der Waals surface area contributed by atoms with Crippen LogP contribution in [0.1, 0.15) is 44.7 Å². The zero-order valence-corrected chi connectivity index (χ0v) is 10.7. The Bertz CT molecular complexity index is 378. The summed E-state index contributed by atoms with van der Waals surface area (Å²) in [6.07, 6.45) is 0. The summed E-state index contributed by atoms with van der Waals surface area (Å²) in [6, 6.07) is 5.92. The average Bonchev–Trinajstić information content (AvgIpc) is 2.20. The maximum absolute atomic E-state index is 11.5. The van der Waals surface area contributed by atoms with Crippen LogP contribution in [0.2, 0.25) is 0 Å². The van der Waals surface area contributed by atoms with Crippen molar-refractivity contribution in [3.05, 3.63) is 29.3 Å². The first kappa shape index (κ1) is 12.8. The molecule has 88 valence electrons. The van der Waals surface area contributed by atoms with E-state index in [0.717, 1.165) is 5.56 Å². The molecule has 1 aromatic carbocycles. The summed E-state index contributed by atoms with van der Waals surface area (Å²) in [5, 5.41) is 0. The monoisotopic (exact) mass is 220 g/mol. The van der Waals surface area contributed by atoms with Crippen LogP contribution in [0, 0.1) is 12.8 Å². The van der Waals surface area contributed by atoms with Crippen molar-refractivity contribution in [1.82, 2.24) is 0 Å². The molecule has 2 heteroatoms. The van der Waals surface area contributed by atoms with E-state index in [1.807, 2.05) is 32.9 Å². The third kappa shape index (κ3) is 3.09. The van der Waals surface area contributed by atoms with Gasteiger partial charge in [0.1, 0.15) is 5.75 Å². The van der Waals surface area contributed by atoms with Crippen LogP contribution >= 0.6 is 0 Å². The number of hydrogen-bond donors (Lipinski definition) is 0. The average molecular weight is 220 g/mol. The van der Waals surface area contributed by atoms with E-state index in [1.54, 1.807) is 0 Å². The molecule has 0 spiro atoms. The Kier molecular flexibility index (Phi) is 4.11. The van der Waals surface area contributed by atoms with E-state index < -0.39 is 0 Å². The molecule has 0 heterocycles. The van der Waals surface area contributed by atoms with Gasteiger partial charge in [-0.25, -0.2) is 0 Å². The Morgan fingerprint density at radius 3 is 2.31 bits per heavy atom. The van der Waals surface area contributed by atoms with Gasteiger partial charge in [-0.05, 0) is 24.5 Å². The maximum Gasteiger partial charge on any atom is 0.313 e. The molecule has 0 aliphatic heterocycles. The van der Waals surface area contributed by atoms with Crippen molar-refractivity contribution in [2.75, 3.05) is 0 Å². The van der Waals surface area contributed by atoms with Gasteiger partial charge in [-0.2, -0.15) is 0 Å². The summed E-state index contributed by atoms with van der Waals surface area (Å²) in [6.45, 7) is 9.92. The van der Waals surface area contributed by atoms with Gasteiger partial charge in [0.05, 0.1) is 5.92 Å². The molecule has 0 bridgehead atoms. The van der Waals surface area contributed by atoms with E-state index in [9.17, 15) is 4.79 Å². The van der Waals surface area contributed by atoms with E-state index in [0.29, 0.717) is 11.7 Å². The number of carbonyl (C=O) groups is 1. The van der Waals surface area contributed by atoms with Crippen molar-refractivity contribution in [1.29, 1.82) is 0 Å². The fourth-order valence-electron chi connectivity index (χ4n) is 1.44. The largest absolute Gasteiger partial charge is 0.426 e. The fourth-order valence-corrected chi connectivity index (χ4v) is 1.44. The molecule has 0 aliphatic rings. The molecule has 16 heavy (non-hydrogen) atoms. The first-order chi connectivity index (χ1) is 7.41. The van der Waals surface area contributed by atoms with E-state index in [-0.39, 0.29) is 11.9 Å². The zero-order chi connectivity index (χ0) is 12.3. The standard InChI is InChI=1S/C14H20O2/c1-9(2)12-8-11(5)6-7-13(12)16-14(15)10(3)4/h6-10H,1-5H3. The summed E-state index contributed by atoms with van der Waals surface area (Å²) in [4.78, 5) is 11.5. The third-order valence-electron chi connectivity index (χ3n) is 2.47. The van der Waals surface area contributed by atoms with Gasteiger partial charge in [0.15, 0.2) is 0 Å². The highest BCUT2D eigenvalue weighted by molar-refractivity contribution is 5.74. The lowest BCUT2D eigenvalue weighted by Crippen LogP contribution is -2.16. The van der Waals surface area contributed by atoms with E-state index >= 15 is 0 Å². The van der Waals surface area contributed by atoms with Crippen LogP contribution in [0.4, 0.5) is 0 Å². The lowest BCUT2D eigenvalue weighted by atomic mass is 10.00. The number of hydrogen-bond acceptors (Lipinski definition) is 2. The highest BCUT2D eigenvalue weighted by atomic mass is 16.5.